The number of amides is 1. The lowest BCUT2D eigenvalue weighted by molar-refractivity contribution is -0.384. The molecule has 0 aliphatic carbocycles. The molecule has 0 aliphatic rings. The van der Waals surface area contributed by atoms with E-state index in [4.69, 9.17) is 16.9 Å². The zero-order chi connectivity index (χ0) is 20.8. The van der Waals surface area contributed by atoms with Crippen LogP contribution in [0.5, 0.6) is 0 Å². The van der Waals surface area contributed by atoms with E-state index in [1.54, 1.807) is 24.3 Å². The maximum atomic E-state index is 12.0. The van der Waals surface area contributed by atoms with E-state index in [0.717, 1.165) is 4.80 Å². The molecule has 0 bridgehead atoms. The van der Waals surface area contributed by atoms with Crippen molar-refractivity contribution in [1.82, 2.24) is 25.6 Å². The van der Waals surface area contributed by atoms with E-state index in [9.17, 15) is 14.9 Å². The Morgan fingerprint density at radius 2 is 2.17 bits per heavy atom. The first kappa shape index (κ1) is 19.6. The molecule has 0 saturated carbocycles. The van der Waals surface area contributed by atoms with Gasteiger partial charge in [0.2, 0.25) is 5.82 Å². The van der Waals surface area contributed by atoms with Crippen molar-refractivity contribution in [1.29, 1.82) is 5.26 Å². The van der Waals surface area contributed by atoms with Gasteiger partial charge in [-0.2, -0.15) is 15.2 Å². The largest absolute Gasteiger partial charge is 0.271 e. The van der Waals surface area contributed by atoms with Gasteiger partial charge < -0.3 is 0 Å². The molecule has 0 fully saturated rings. The van der Waals surface area contributed by atoms with E-state index in [-0.39, 0.29) is 28.6 Å². The fourth-order valence-corrected chi connectivity index (χ4v) is 2.44. The molecule has 0 aliphatic heterocycles. The number of rotatable bonds is 6. The topological polar surface area (TPSA) is 152 Å². The molecule has 1 amide bonds. The van der Waals surface area contributed by atoms with Crippen LogP contribution in [0.1, 0.15) is 11.1 Å². The van der Waals surface area contributed by atoms with Gasteiger partial charge in [0.05, 0.1) is 22.8 Å². The molecule has 3 aromatic rings. The second kappa shape index (κ2) is 8.68. The quantitative estimate of drug-likeness (QED) is 0.370. The summed E-state index contributed by atoms with van der Waals surface area (Å²) in [6.45, 7) is -0.276. The van der Waals surface area contributed by atoms with Crippen molar-refractivity contribution in [3.8, 4) is 17.5 Å². The highest BCUT2D eigenvalue weighted by molar-refractivity contribution is 6.33. The third-order valence-electron chi connectivity index (χ3n) is 3.61. The Bertz CT molecular complexity index is 1150. The number of non-ortho nitro benzene ring substituents is 1. The number of halogens is 1. The van der Waals surface area contributed by atoms with Gasteiger partial charge in [-0.3, -0.25) is 14.9 Å². The van der Waals surface area contributed by atoms with Gasteiger partial charge in [0.25, 0.3) is 11.6 Å². The highest BCUT2D eigenvalue weighted by Crippen LogP contribution is 2.20. The maximum absolute atomic E-state index is 12.0. The van der Waals surface area contributed by atoms with E-state index < -0.39 is 10.8 Å². The predicted molar refractivity (Wildman–Crippen MR) is 102 cm³/mol. The normalized spacial score (nSPS) is 10.6. The lowest BCUT2D eigenvalue weighted by atomic mass is 10.1. The summed E-state index contributed by atoms with van der Waals surface area (Å²) in [6, 6.07) is 12.6. The van der Waals surface area contributed by atoms with Crippen molar-refractivity contribution >= 4 is 29.4 Å². The molecule has 0 saturated heterocycles. The number of nitrogens with zero attached hydrogens (tertiary/aromatic N) is 7. The summed E-state index contributed by atoms with van der Waals surface area (Å²) in [5, 5.41) is 35.6. The number of nitrogens with one attached hydrogen (secondary N) is 1. The lowest BCUT2D eigenvalue weighted by Crippen LogP contribution is -2.24. The third-order valence-corrected chi connectivity index (χ3v) is 3.95. The number of aromatic nitrogens is 4. The Hall–Kier alpha value is -4.17. The van der Waals surface area contributed by atoms with Crippen molar-refractivity contribution in [2.75, 3.05) is 0 Å². The molecule has 0 atom stereocenters. The van der Waals surface area contributed by atoms with Crippen molar-refractivity contribution in [2.45, 2.75) is 6.54 Å². The monoisotopic (exact) mass is 410 g/mol. The van der Waals surface area contributed by atoms with Crippen LogP contribution >= 0.6 is 11.6 Å². The molecule has 0 unspecified atom stereocenters. The summed E-state index contributed by atoms with van der Waals surface area (Å²) < 4.78 is 0. The van der Waals surface area contributed by atoms with E-state index in [2.05, 4.69) is 25.9 Å². The Kier molecular flexibility index (Phi) is 5.86. The molecule has 2 aromatic carbocycles. The Morgan fingerprint density at radius 1 is 1.38 bits per heavy atom. The Labute approximate surface area is 168 Å². The van der Waals surface area contributed by atoms with E-state index >= 15 is 0 Å². The molecule has 0 radical (unpaired) electrons. The average Bonchev–Trinajstić information content (AvgIpc) is 3.17. The van der Waals surface area contributed by atoms with Crippen LogP contribution in [0.2, 0.25) is 5.02 Å². The van der Waals surface area contributed by atoms with Crippen molar-refractivity contribution < 1.29 is 9.72 Å². The molecule has 29 heavy (non-hydrogen) atoms. The van der Waals surface area contributed by atoms with E-state index in [1.165, 1.54) is 24.4 Å². The molecule has 3 rings (SSSR count). The Morgan fingerprint density at radius 3 is 2.93 bits per heavy atom. The average molecular weight is 411 g/mol. The molecular weight excluding hydrogens is 400 g/mol. The molecular formula is C17H11ClN8O3. The fourth-order valence-electron chi connectivity index (χ4n) is 2.27. The number of benzene rings is 2. The van der Waals surface area contributed by atoms with Gasteiger partial charge in [-0.15, -0.1) is 10.2 Å². The number of hydrazone groups is 1. The Balaban J connectivity index is 1.64. The fraction of sp³-hybridized carbons (Fsp3) is 0.0588. The first-order chi connectivity index (χ1) is 14.0. The minimum absolute atomic E-state index is 0.154. The van der Waals surface area contributed by atoms with Crippen LogP contribution in [0.15, 0.2) is 47.6 Å². The number of carbonyl (C=O) groups excluding carboxylic acids is 1. The molecule has 1 aromatic heterocycles. The molecule has 11 nitrogen and oxygen atoms in total. The summed E-state index contributed by atoms with van der Waals surface area (Å²) in [7, 11) is 0. The number of tetrazole rings is 1. The molecule has 1 heterocycles. The van der Waals surface area contributed by atoms with Gasteiger partial charge in [-0.1, -0.05) is 23.7 Å². The minimum atomic E-state index is -0.565. The van der Waals surface area contributed by atoms with Crippen LogP contribution in [-0.4, -0.2) is 37.3 Å². The summed E-state index contributed by atoms with van der Waals surface area (Å²) in [4.78, 5) is 23.3. The standard InChI is InChI=1S/C17H11ClN8O3/c18-15-6-5-13(26(28)29)7-12(15)9-20-21-16(27)10-25-23-17(22-24-25)14-4-2-1-3-11(14)8-19/h1-7,9H,10H2,(H,21,27). The van der Waals surface area contributed by atoms with E-state index in [0.29, 0.717) is 11.1 Å². The van der Waals surface area contributed by atoms with Crippen LogP contribution in [0, 0.1) is 21.4 Å². The first-order valence-electron chi connectivity index (χ1n) is 8.01. The van der Waals surface area contributed by atoms with Crippen molar-refractivity contribution in [3.05, 3.63) is 68.7 Å². The maximum Gasteiger partial charge on any atom is 0.270 e. The summed E-state index contributed by atoms with van der Waals surface area (Å²) in [6.07, 6.45) is 1.19. The second-order valence-corrected chi connectivity index (χ2v) is 5.96. The summed E-state index contributed by atoms with van der Waals surface area (Å²) in [5.74, 6) is -0.345. The molecule has 0 spiro atoms. The van der Waals surface area contributed by atoms with Crippen LogP contribution in [0.3, 0.4) is 0 Å². The molecule has 144 valence electrons. The molecule has 12 heteroatoms. The van der Waals surface area contributed by atoms with Crippen LogP contribution in [0.4, 0.5) is 5.69 Å². The van der Waals surface area contributed by atoms with Crippen molar-refractivity contribution in [3.63, 3.8) is 0 Å². The number of nitro benzene ring substituents is 1. The highest BCUT2D eigenvalue weighted by Gasteiger charge is 2.12. The van der Waals surface area contributed by atoms with Gasteiger partial charge in [0.15, 0.2) is 0 Å². The third kappa shape index (κ3) is 4.76. The van der Waals surface area contributed by atoms with Gasteiger partial charge in [-0.05, 0) is 23.4 Å². The minimum Gasteiger partial charge on any atom is -0.271 e. The molecule has 1 N–H and O–H groups in total. The van der Waals surface area contributed by atoms with Crippen LogP contribution < -0.4 is 5.43 Å². The number of carbonyl (C=O) groups is 1. The van der Waals surface area contributed by atoms with E-state index in [1.807, 2.05) is 6.07 Å². The zero-order valence-corrected chi connectivity index (χ0v) is 15.3. The summed E-state index contributed by atoms with van der Waals surface area (Å²) >= 11 is 5.95. The zero-order valence-electron chi connectivity index (χ0n) is 14.6. The van der Waals surface area contributed by atoms with Gasteiger partial charge in [0.1, 0.15) is 6.54 Å². The lowest BCUT2D eigenvalue weighted by Gasteiger charge is -2.00. The number of nitriles is 1. The summed E-state index contributed by atoms with van der Waals surface area (Å²) in [5.41, 5.74) is 3.25. The number of hydrogen-bond acceptors (Lipinski definition) is 8. The second-order valence-electron chi connectivity index (χ2n) is 5.56. The smallest absolute Gasteiger partial charge is 0.270 e. The van der Waals surface area contributed by atoms with Gasteiger partial charge in [0, 0.05) is 28.3 Å². The SMILES string of the molecule is N#Cc1ccccc1-c1nnn(CC(=O)NN=Cc2cc([N+](=O)[O-])ccc2Cl)n1. The highest BCUT2D eigenvalue weighted by atomic mass is 35.5. The van der Waals surface area contributed by atoms with Crippen molar-refractivity contribution in [2.24, 2.45) is 5.10 Å². The number of nitro groups is 1. The first-order valence-corrected chi connectivity index (χ1v) is 8.39. The predicted octanol–water partition coefficient (Wildman–Crippen LogP) is 1.92. The van der Waals surface area contributed by atoms with Gasteiger partial charge in [-0.25, -0.2) is 5.43 Å². The van der Waals surface area contributed by atoms with Gasteiger partial charge >= 0.3 is 0 Å². The van der Waals surface area contributed by atoms with Crippen LogP contribution in [0.25, 0.3) is 11.4 Å². The van der Waals surface area contributed by atoms with Crippen LogP contribution in [-0.2, 0) is 11.3 Å². The number of hydrogen-bond donors (Lipinski definition) is 1.